The molecule has 0 fully saturated rings. The standard InChI is InChI=1S/C40H24F2/c41-36-23-21-31-28-13-6-4-11-26(28)17-19-33(31)38(36)35-16-8-15-30(25-9-2-1-3-10-25)39(35)40-34-20-18-27-12-5-7-14-29(27)32(34)22-24-37(40)42/h1-24H. The second kappa shape index (κ2) is 9.64. The molecule has 2 heteroatoms. The lowest BCUT2D eigenvalue weighted by atomic mass is 9.83. The second-order valence-electron chi connectivity index (χ2n) is 10.7. The van der Waals surface area contributed by atoms with E-state index in [0.29, 0.717) is 22.3 Å². The number of benzene rings is 8. The summed E-state index contributed by atoms with van der Waals surface area (Å²) >= 11 is 0. The van der Waals surface area contributed by atoms with E-state index in [1.54, 1.807) is 6.07 Å². The zero-order valence-electron chi connectivity index (χ0n) is 22.6. The van der Waals surface area contributed by atoms with Gasteiger partial charge >= 0.3 is 0 Å². The fourth-order valence-electron chi connectivity index (χ4n) is 6.54. The van der Waals surface area contributed by atoms with Crippen molar-refractivity contribution in [1.82, 2.24) is 0 Å². The predicted molar refractivity (Wildman–Crippen MR) is 173 cm³/mol. The maximum absolute atomic E-state index is 16.3. The quantitative estimate of drug-likeness (QED) is 0.195. The van der Waals surface area contributed by atoms with Crippen LogP contribution >= 0.6 is 0 Å². The highest BCUT2D eigenvalue weighted by atomic mass is 19.1. The molecule has 0 unspecified atom stereocenters. The fourth-order valence-corrected chi connectivity index (χ4v) is 6.54. The van der Waals surface area contributed by atoms with E-state index in [4.69, 9.17) is 0 Å². The topological polar surface area (TPSA) is 0 Å². The van der Waals surface area contributed by atoms with Gasteiger partial charge in [0.25, 0.3) is 0 Å². The molecule has 0 aliphatic carbocycles. The van der Waals surface area contributed by atoms with Crippen molar-refractivity contribution in [2.75, 3.05) is 0 Å². The van der Waals surface area contributed by atoms with E-state index in [1.165, 1.54) is 6.07 Å². The van der Waals surface area contributed by atoms with E-state index >= 15 is 8.78 Å². The molecule has 0 amide bonds. The Morgan fingerprint density at radius 3 is 1.43 bits per heavy atom. The van der Waals surface area contributed by atoms with Crippen LogP contribution in [0, 0.1) is 11.6 Å². The first-order valence-corrected chi connectivity index (χ1v) is 14.1. The van der Waals surface area contributed by atoms with Crippen LogP contribution in [0.25, 0.3) is 76.5 Å². The van der Waals surface area contributed by atoms with E-state index in [2.05, 4.69) is 24.3 Å². The van der Waals surface area contributed by atoms with Gasteiger partial charge in [-0.1, -0.05) is 133 Å². The number of hydrogen-bond donors (Lipinski definition) is 0. The lowest BCUT2D eigenvalue weighted by Crippen LogP contribution is -1.97. The molecule has 0 aromatic heterocycles. The Morgan fingerprint density at radius 1 is 0.286 bits per heavy atom. The summed E-state index contributed by atoms with van der Waals surface area (Å²) < 4.78 is 32.5. The lowest BCUT2D eigenvalue weighted by molar-refractivity contribution is 0.631. The Hall–Kier alpha value is -5.34. The molecule has 0 spiro atoms. The van der Waals surface area contributed by atoms with Gasteiger partial charge in [0.2, 0.25) is 0 Å². The minimum absolute atomic E-state index is 0.338. The zero-order chi connectivity index (χ0) is 28.2. The number of hydrogen-bond acceptors (Lipinski definition) is 0. The average molecular weight is 543 g/mol. The van der Waals surface area contributed by atoms with Crippen molar-refractivity contribution in [2.24, 2.45) is 0 Å². The van der Waals surface area contributed by atoms with Crippen LogP contribution in [0.3, 0.4) is 0 Å². The molecule has 8 aromatic carbocycles. The zero-order valence-corrected chi connectivity index (χ0v) is 22.6. The summed E-state index contributed by atoms with van der Waals surface area (Å²) in [7, 11) is 0. The predicted octanol–water partition coefficient (Wildman–Crippen LogP) is 11.6. The van der Waals surface area contributed by atoms with Crippen molar-refractivity contribution >= 4 is 43.1 Å². The Labute approximate surface area is 242 Å². The van der Waals surface area contributed by atoms with Crippen LogP contribution in [0.15, 0.2) is 146 Å². The monoisotopic (exact) mass is 542 g/mol. The van der Waals surface area contributed by atoms with Gasteiger partial charge in [0.05, 0.1) is 0 Å². The summed E-state index contributed by atoms with van der Waals surface area (Å²) in [6.45, 7) is 0. The Morgan fingerprint density at radius 2 is 0.786 bits per heavy atom. The van der Waals surface area contributed by atoms with E-state index in [1.807, 2.05) is 109 Å². The normalized spacial score (nSPS) is 11.6. The van der Waals surface area contributed by atoms with E-state index < -0.39 is 0 Å². The third-order valence-corrected chi connectivity index (χ3v) is 8.42. The van der Waals surface area contributed by atoms with Gasteiger partial charge in [-0.3, -0.25) is 0 Å². The van der Waals surface area contributed by atoms with Crippen LogP contribution in [-0.2, 0) is 0 Å². The first-order valence-electron chi connectivity index (χ1n) is 14.1. The summed E-state index contributed by atoms with van der Waals surface area (Å²) in [5, 5.41) is 7.81. The van der Waals surface area contributed by atoms with E-state index in [9.17, 15) is 0 Å². The van der Waals surface area contributed by atoms with Gasteiger partial charge in [-0.2, -0.15) is 0 Å². The van der Waals surface area contributed by atoms with Crippen LogP contribution < -0.4 is 0 Å². The molecule has 0 nitrogen and oxygen atoms in total. The first-order chi connectivity index (χ1) is 20.7. The molecule has 8 aromatic rings. The third-order valence-electron chi connectivity index (χ3n) is 8.42. The van der Waals surface area contributed by atoms with Gasteiger partial charge in [-0.05, 0) is 71.9 Å². The minimum atomic E-state index is -0.339. The minimum Gasteiger partial charge on any atom is -0.206 e. The molecule has 198 valence electrons. The van der Waals surface area contributed by atoms with Gasteiger partial charge < -0.3 is 0 Å². The Kier molecular flexibility index (Phi) is 5.61. The Bertz CT molecular complexity index is 2320. The molecule has 0 bridgehead atoms. The van der Waals surface area contributed by atoms with Crippen molar-refractivity contribution in [3.8, 4) is 33.4 Å². The molecule has 42 heavy (non-hydrogen) atoms. The van der Waals surface area contributed by atoms with Crippen molar-refractivity contribution in [2.45, 2.75) is 0 Å². The van der Waals surface area contributed by atoms with E-state index in [-0.39, 0.29) is 11.6 Å². The summed E-state index contributed by atoms with van der Waals surface area (Å²) in [5.74, 6) is -0.677. The van der Waals surface area contributed by atoms with Gasteiger partial charge in [0, 0.05) is 16.7 Å². The molecular formula is C40H24F2. The molecule has 0 atom stereocenters. The highest BCUT2D eigenvalue weighted by molar-refractivity contribution is 6.17. The summed E-state index contributed by atoms with van der Waals surface area (Å²) in [5.41, 5.74) is 4.09. The molecule has 0 saturated carbocycles. The molecule has 0 saturated heterocycles. The van der Waals surface area contributed by atoms with Gasteiger partial charge in [0.15, 0.2) is 0 Å². The molecule has 0 aliphatic heterocycles. The second-order valence-corrected chi connectivity index (χ2v) is 10.7. The SMILES string of the molecule is Fc1ccc2c(ccc3ccccc32)c1-c1cccc(-c2ccccc2)c1-c1c(F)ccc2c1ccc1ccccc12. The lowest BCUT2D eigenvalue weighted by Gasteiger charge is -2.20. The maximum Gasteiger partial charge on any atom is 0.131 e. The third kappa shape index (κ3) is 3.73. The van der Waals surface area contributed by atoms with E-state index in [0.717, 1.165) is 54.2 Å². The summed E-state index contributed by atoms with van der Waals surface area (Å²) in [6.07, 6.45) is 0. The molecule has 0 N–H and O–H groups in total. The highest BCUT2D eigenvalue weighted by Crippen LogP contribution is 2.47. The van der Waals surface area contributed by atoms with Crippen molar-refractivity contribution < 1.29 is 8.78 Å². The summed E-state index contributed by atoms with van der Waals surface area (Å²) in [6, 6.07) is 47.0. The molecule has 0 heterocycles. The molecule has 0 aliphatic rings. The van der Waals surface area contributed by atoms with Crippen molar-refractivity contribution in [3.63, 3.8) is 0 Å². The summed E-state index contributed by atoms with van der Waals surface area (Å²) in [4.78, 5) is 0. The first kappa shape index (κ1) is 24.5. The van der Waals surface area contributed by atoms with Crippen LogP contribution in [0.5, 0.6) is 0 Å². The van der Waals surface area contributed by atoms with Gasteiger partial charge in [0.1, 0.15) is 11.6 Å². The van der Waals surface area contributed by atoms with Crippen LogP contribution in [0.2, 0.25) is 0 Å². The number of fused-ring (bicyclic) bond motifs is 6. The van der Waals surface area contributed by atoms with Crippen LogP contribution in [0.4, 0.5) is 8.78 Å². The highest BCUT2D eigenvalue weighted by Gasteiger charge is 2.23. The fraction of sp³-hybridized carbons (Fsp3) is 0. The smallest absolute Gasteiger partial charge is 0.131 e. The largest absolute Gasteiger partial charge is 0.206 e. The van der Waals surface area contributed by atoms with Gasteiger partial charge in [-0.25, -0.2) is 8.78 Å². The Balaban J connectivity index is 1.55. The van der Waals surface area contributed by atoms with Crippen LogP contribution in [0.1, 0.15) is 0 Å². The number of rotatable bonds is 3. The van der Waals surface area contributed by atoms with Crippen molar-refractivity contribution in [3.05, 3.63) is 157 Å². The van der Waals surface area contributed by atoms with Crippen molar-refractivity contribution in [1.29, 1.82) is 0 Å². The van der Waals surface area contributed by atoms with Gasteiger partial charge in [-0.15, -0.1) is 0 Å². The molecule has 0 radical (unpaired) electrons. The number of halogens is 2. The van der Waals surface area contributed by atoms with Crippen LogP contribution in [-0.4, -0.2) is 0 Å². The average Bonchev–Trinajstić information content (AvgIpc) is 3.04. The molecule has 8 rings (SSSR count). The maximum atomic E-state index is 16.3. The molecular weight excluding hydrogens is 518 g/mol.